The van der Waals surface area contributed by atoms with Crippen LogP contribution >= 0.6 is 11.3 Å². The molecule has 1 heterocycles. The molecule has 0 bridgehead atoms. The van der Waals surface area contributed by atoms with Crippen molar-refractivity contribution in [3.8, 4) is 0 Å². The molecular weight excluding hydrogens is 345 g/mol. The number of benzene rings is 1. The fourth-order valence-electron chi connectivity index (χ4n) is 1.91. The molecule has 0 aliphatic rings. The van der Waals surface area contributed by atoms with Gasteiger partial charge in [-0.2, -0.15) is 4.39 Å². The van der Waals surface area contributed by atoms with Gasteiger partial charge in [0.25, 0.3) is 5.91 Å². The van der Waals surface area contributed by atoms with E-state index >= 15 is 0 Å². The van der Waals surface area contributed by atoms with E-state index in [2.05, 4.69) is 5.32 Å². The summed E-state index contributed by atoms with van der Waals surface area (Å²) in [7, 11) is 1.20. The average molecular weight is 358 g/mol. The van der Waals surface area contributed by atoms with Crippen molar-refractivity contribution in [1.29, 1.82) is 0 Å². The molecule has 3 amide bonds. The second-order valence-corrected chi connectivity index (χ2v) is 5.58. The highest BCUT2D eigenvalue weighted by atomic mass is 32.1. The van der Waals surface area contributed by atoms with Gasteiger partial charge < -0.3 is 10.1 Å². The van der Waals surface area contributed by atoms with Crippen molar-refractivity contribution in [3.63, 3.8) is 0 Å². The number of nitrogens with one attached hydrogen (secondary N) is 1. The number of hydrogen-bond donors (Lipinski definition) is 1. The summed E-state index contributed by atoms with van der Waals surface area (Å²) in [6.45, 7) is 0.997. The summed E-state index contributed by atoms with van der Waals surface area (Å²) in [5, 5.41) is 3.04. The molecule has 0 saturated heterocycles. The van der Waals surface area contributed by atoms with Crippen LogP contribution in [0.4, 0.5) is 23.7 Å². The van der Waals surface area contributed by atoms with E-state index in [1.165, 1.54) is 12.5 Å². The van der Waals surface area contributed by atoms with Crippen LogP contribution in [-0.4, -0.2) is 30.7 Å². The number of ether oxygens (including phenoxy) is 1. The summed E-state index contributed by atoms with van der Waals surface area (Å²) in [6.07, 6.45) is 0. The van der Waals surface area contributed by atoms with Crippen LogP contribution in [0.2, 0.25) is 0 Å². The van der Waals surface area contributed by atoms with Crippen molar-refractivity contribution in [3.05, 3.63) is 51.5 Å². The van der Waals surface area contributed by atoms with Crippen LogP contribution in [0.15, 0.2) is 23.6 Å². The molecule has 2 aromatic rings. The van der Waals surface area contributed by atoms with Crippen LogP contribution in [-0.2, 0) is 4.74 Å². The molecule has 0 radical (unpaired) electrons. The van der Waals surface area contributed by atoms with Crippen LogP contribution in [0.5, 0.6) is 0 Å². The van der Waals surface area contributed by atoms with Crippen molar-refractivity contribution < 1.29 is 27.5 Å². The maximum absolute atomic E-state index is 13.8. The highest BCUT2D eigenvalue weighted by Crippen LogP contribution is 2.26. The van der Waals surface area contributed by atoms with Gasteiger partial charge >= 0.3 is 6.03 Å². The summed E-state index contributed by atoms with van der Waals surface area (Å²) in [5.41, 5.74) is -0.548. The normalized spacial score (nSPS) is 10.5. The van der Waals surface area contributed by atoms with Crippen LogP contribution in [0, 0.1) is 23.7 Å². The lowest BCUT2D eigenvalue weighted by Gasteiger charge is -2.21. The highest BCUT2D eigenvalue weighted by molar-refractivity contribution is 7.08. The lowest BCUT2D eigenvalue weighted by molar-refractivity contribution is 0.0548. The first-order chi connectivity index (χ1) is 11.4. The summed E-state index contributed by atoms with van der Waals surface area (Å²) in [5.74, 6) is -3.48. The molecule has 0 unspecified atom stereocenters. The molecule has 128 valence electrons. The molecule has 0 fully saturated rings. The Labute approximate surface area is 139 Å². The van der Waals surface area contributed by atoms with Gasteiger partial charge in [0.15, 0.2) is 5.13 Å². The van der Waals surface area contributed by atoms with Crippen molar-refractivity contribution >= 4 is 29.0 Å². The Morgan fingerprint density at radius 1 is 1.25 bits per heavy atom. The Morgan fingerprint density at radius 2 is 1.88 bits per heavy atom. The predicted molar refractivity (Wildman–Crippen MR) is 82.4 cm³/mol. The lowest BCUT2D eigenvalue weighted by Crippen LogP contribution is -2.42. The van der Waals surface area contributed by atoms with Gasteiger partial charge in [-0.15, -0.1) is 11.3 Å². The molecule has 9 heteroatoms. The van der Waals surface area contributed by atoms with E-state index in [0.717, 1.165) is 29.5 Å². The number of halogens is 3. The number of anilines is 1. The van der Waals surface area contributed by atoms with E-state index in [9.17, 15) is 22.8 Å². The fourth-order valence-corrected chi connectivity index (χ4v) is 2.64. The number of urea groups is 1. The van der Waals surface area contributed by atoms with Gasteiger partial charge in [-0.1, -0.05) is 6.07 Å². The number of aryl methyl sites for hydroxylation is 1. The van der Waals surface area contributed by atoms with Gasteiger partial charge in [0.05, 0.1) is 5.69 Å². The molecule has 24 heavy (non-hydrogen) atoms. The third-order valence-electron chi connectivity index (χ3n) is 3.09. The smallest absolute Gasteiger partial charge is 0.330 e. The van der Waals surface area contributed by atoms with E-state index in [0.29, 0.717) is 10.5 Å². The zero-order valence-corrected chi connectivity index (χ0v) is 13.5. The molecule has 1 aromatic carbocycles. The molecule has 5 nitrogen and oxygen atoms in total. The predicted octanol–water partition coefficient (Wildman–Crippen LogP) is 3.75. The summed E-state index contributed by atoms with van der Waals surface area (Å²) >= 11 is 0.772. The van der Waals surface area contributed by atoms with Gasteiger partial charge in [-0.05, 0) is 30.0 Å². The van der Waals surface area contributed by atoms with Crippen molar-refractivity contribution in [2.75, 3.05) is 19.2 Å². The first-order valence-corrected chi connectivity index (χ1v) is 7.54. The van der Waals surface area contributed by atoms with Crippen molar-refractivity contribution in [2.45, 2.75) is 6.92 Å². The molecule has 0 aliphatic heterocycles. The number of carbonyl (C=O) groups excluding carboxylic acids is 2. The maximum Gasteiger partial charge on any atom is 0.330 e. The second-order valence-electron chi connectivity index (χ2n) is 4.75. The van der Waals surface area contributed by atoms with E-state index in [1.54, 1.807) is 6.92 Å². The van der Waals surface area contributed by atoms with E-state index in [4.69, 9.17) is 4.74 Å². The lowest BCUT2D eigenvalue weighted by atomic mass is 10.1. The Hall–Kier alpha value is -2.39. The number of methoxy groups -OCH3 is 1. The Kier molecular flexibility index (Phi) is 5.58. The van der Waals surface area contributed by atoms with Gasteiger partial charge in [0, 0.05) is 7.11 Å². The molecule has 1 N–H and O–H groups in total. The van der Waals surface area contributed by atoms with E-state index in [1.807, 2.05) is 0 Å². The Balaban J connectivity index is 2.31. The molecule has 0 spiro atoms. The topological polar surface area (TPSA) is 58.6 Å². The zero-order valence-electron chi connectivity index (χ0n) is 12.7. The Bertz CT molecular complexity index is 740. The van der Waals surface area contributed by atoms with Crippen LogP contribution in [0.3, 0.4) is 0 Å². The number of carbonyl (C=O) groups is 2. The molecule has 1 aromatic heterocycles. The van der Waals surface area contributed by atoms with Gasteiger partial charge in [0.2, 0.25) is 0 Å². The summed E-state index contributed by atoms with van der Waals surface area (Å²) in [6, 6.07) is 1.81. The number of amides is 3. The van der Waals surface area contributed by atoms with E-state index in [-0.39, 0.29) is 5.69 Å². The van der Waals surface area contributed by atoms with Crippen molar-refractivity contribution in [1.82, 2.24) is 4.90 Å². The molecule has 2 rings (SSSR count). The number of nitrogens with zero attached hydrogens (tertiary/aromatic N) is 1. The number of imide groups is 1. The third-order valence-corrected chi connectivity index (χ3v) is 3.97. The van der Waals surface area contributed by atoms with Crippen LogP contribution < -0.4 is 5.32 Å². The first kappa shape index (κ1) is 18.0. The first-order valence-electron chi connectivity index (χ1n) is 6.66. The maximum atomic E-state index is 13.8. The highest BCUT2D eigenvalue weighted by Gasteiger charge is 2.28. The minimum atomic E-state index is -1.24. The van der Waals surface area contributed by atoms with Gasteiger partial charge in [-0.3, -0.25) is 4.79 Å². The average Bonchev–Trinajstić information content (AvgIpc) is 2.84. The largest absolute Gasteiger partial charge is 0.364 e. The number of thiophene rings is 1. The summed E-state index contributed by atoms with van der Waals surface area (Å²) < 4.78 is 45.9. The second kappa shape index (κ2) is 7.45. The molecular formula is C15H13F3N2O3S. The Morgan fingerprint density at radius 3 is 2.38 bits per heavy atom. The number of rotatable bonds is 4. The molecule has 0 atom stereocenters. The SMILES string of the molecule is COCN(C(=O)Nc1c(C)csc1F)C(=O)c1c(F)cccc1F. The molecule has 0 saturated carbocycles. The van der Waals surface area contributed by atoms with Gasteiger partial charge in [0.1, 0.15) is 23.9 Å². The summed E-state index contributed by atoms with van der Waals surface area (Å²) in [4.78, 5) is 25.0. The van der Waals surface area contributed by atoms with Crippen LogP contribution in [0.1, 0.15) is 15.9 Å². The van der Waals surface area contributed by atoms with Crippen LogP contribution in [0.25, 0.3) is 0 Å². The third kappa shape index (κ3) is 3.57. The molecule has 0 aliphatic carbocycles. The monoisotopic (exact) mass is 358 g/mol. The minimum Gasteiger partial charge on any atom is -0.364 e. The zero-order chi connectivity index (χ0) is 17.9. The fraction of sp³-hybridized carbons (Fsp3) is 0.200. The number of hydrogen-bond acceptors (Lipinski definition) is 4. The minimum absolute atomic E-state index is 0.104. The van der Waals surface area contributed by atoms with E-state index < -0.39 is 41.0 Å². The quantitative estimate of drug-likeness (QED) is 0.847. The van der Waals surface area contributed by atoms with Gasteiger partial charge in [-0.25, -0.2) is 18.5 Å². The standard InChI is InChI=1S/C15H13F3N2O3S/c1-8-6-24-13(18)12(8)19-15(22)20(7-23-2)14(21)11-9(16)4-3-5-10(11)17/h3-6H,7H2,1-2H3,(H,19,22). The van der Waals surface area contributed by atoms with Crippen molar-refractivity contribution in [2.24, 2.45) is 0 Å².